The molecule has 2 N–H and O–H groups in total. The zero-order valence-electron chi connectivity index (χ0n) is 12.1. The Morgan fingerprint density at radius 3 is 2.68 bits per heavy atom. The number of nitrogens with zero attached hydrogens (tertiary/aromatic N) is 1. The molecule has 1 aromatic heterocycles. The van der Waals surface area contributed by atoms with Gasteiger partial charge in [-0.3, -0.25) is 4.79 Å². The van der Waals surface area contributed by atoms with Gasteiger partial charge in [-0.2, -0.15) is 0 Å². The number of aromatic nitrogens is 1. The predicted octanol–water partition coefficient (Wildman–Crippen LogP) is 2.75. The maximum Gasteiger partial charge on any atom is 0.229 e. The average molecular weight is 367 g/mol. The molecule has 0 aliphatic carbocycles. The summed E-state index contributed by atoms with van der Waals surface area (Å²) in [6, 6.07) is 6.57. The van der Waals surface area contributed by atoms with Gasteiger partial charge in [-0.1, -0.05) is 22.0 Å². The zero-order valence-corrected chi connectivity index (χ0v) is 13.7. The molecule has 0 spiro atoms. The number of amides is 1. The first-order valence-corrected chi connectivity index (χ1v) is 7.18. The van der Waals surface area contributed by atoms with E-state index in [9.17, 15) is 9.90 Å². The van der Waals surface area contributed by atoms with Crippen LogP contribution in [0.1, 0.15) is 5.56 Å². The Labute approximate surface area is 136 Å². The largest absolute Gasteiger partial charge is 0.506 e. The highest BCUT2D eigenvalue weighted by Gasteiger charge is 2.14. The summed E-state index contributed by atoms with van der Waals surface area (Å²) in [5, 5.41) is 12.6. The van der Waals surface area contributed by atoms with Gasteiger partial charge in [0.2, 0.25) is 11.8 Å². The number of aromatic hydroxyl groups is 1. The standard InChI is InChI=1S/C15H15BrN2O4/c1-21-12-7-10(16)6-11(19)15(12)18-13(20)5-9-3-4-14(22-2)17-8-9/h3-4,6-8,19H,5H2,1-2H3,(H,18,20). The number of phenols is 1. The Balaban J connectivity index is 2.11. The highest BCUT2D eigenvalue weighted by atomic mass is 79.9. The summed E-state index contributed by atoms with van der Waals surface area (Å²) >= 11 is 3.25. The predicted molar refractivity (Wildman–Crippen MR) is 85.5 cm³/mol. The molecule has 22 heavy (non-hydrogen) atoms. The summed E-state index contributed by atoms with van der Waals surface area (Å²) < 4.78 is 10.8. The van der Waals surface area contributed by atoms with Crippen molar-refractivity contribution in [3.63, 3.8) is 0 Å². The van der Waals surface area contributed by atoms with Crippen molar-refractivity contribution in [3.05, 3.63) is 40.5 Å². The minimum atomic E-state index is -0.289. The van der Waals surface area contributed by atoms with Gasteiger partial charge < -0.3 is 19.9 Å². The van der Waals surface area contributed by atoms with E-state index in [1.165, 1.54) is 20.3 Å². The lowest BCUT2D eigenvalue weighted by Crippen LogP contribution is -2.15. The van der Waals surface area contributed by atoms with Gasteiger partial charge in [0.15, 0.2) is 0 Å². The van der Waals surface area contributed by atoms with Crippen LogP contribution in [0.2, 0.25) is 0 Å². The molecule has 1 amide bonds. The first-order chi connectivity index (χ1) is 10.5. The van der Waals surface area contributed by atoms with Crippen molar-refractivity contribution >= 4 is 27.5 Å². The molecule has 116 valence electrons. The fourth-order valence-corrected chi connectivity index (χ4v) is 2.28. The van der Waals surface area contributed by atoms with Crippen LogP contribution in [0.3, 0.4) is 0 Å². The lowest BCUT2D eigenvalue weighted by Gasteiger charge is -2.12. The number of carbonyl (C=O) groups excluding carboxylic acids is 1. The third-order valence-electron chi connectivity index (χ3n) is 2.90. The van der Waals surface area contributed by atoms with Crippen molar-refractivity contribution in [2.24, 2.45) is 0 Å². The number of halogens is 1. The maximum absolute atomic E-state index is 12.1. The molecule has 1 aromatic carbocycles. The third kappa shape index (κ3) is 3.88. The van der Waals surface area contributed by atoms with Crippen LogP contribution < -0.4 is 14.8 Å². The van der Waals surface area contributed by atoms with E-state index < -0.39 is 0 Å². The lowest BCUT2D eigenvalue weighted by molar-refractivity contribution is -0.115. The molecule has 0 saturated heterocycles. The van der Waals surface area contributed by atoms with Crippen LogP contribution >= 0.6 is 15.9 Å². The van der Waals surface area contributed by atoms with Crippen LogP contribution in [0.5, 0.6) is 17.4 Å². The number of pyridine rings is 1. The van der Waals surface area contributed by atoms with Gasteiger partial charge in [-0.15, -0.1) is 0 Å². The normalized spacial score (nSPS) is 10.1. The fraction of sp³-hybridized carbons (Fsp3) is 0.200. The summed E-state index contributed by atoms with van der Waals surface area (Å²) in [5.41, 5.74) is 0.964. The quantitative estimate of drug-likeness (QED) is 0.795. The molecule has 2 aromatic rings. The third-order valence-corrected chi connectivity index (χ3v) is 3.36. The fourth-order valence-electron chi connectivity index (χ4n) is 1.86. The van der Waals surface area contributed by atoms with E-state index in [4.69, 9.17) is 9.47 Å². The highest BCUT2D eigenvalue weighted by molar-refractivity contribution is 9.10. The van der Waals surface area contributed by atoms with Gasteiger partial charge in [0, 0.05) is 16.7 Å². The maximum atomic E-state index is 12.1. The highest BCUT2D eigenvalue weighted by Crippen LogP contribution is 2.37. The smallest absolute Gasteiger partial charge is 0.229 e. The number of hydrogen-bond donors (Lipinski definition) is 2. The molecular weight excluding hydrogens is 352 g/mol. The van der Waals surface area contributed by atoms with E-state index in [2.05, 4.69) is 26.2 Å². The van der Waals surface area contributed by atoms with Gasteiger partial charge in [-0.05, 0) is 17.7 Å². The topological polar surface area (TPSA) is 80.7 Å². The molecule has 0 unspecified atom stereocenters. The lowest BCUT2D eigenvalue weighted by atomic mass is 10.2. The van der Waals surface area contributed by atoms with Crippen LogP contribution in [0.25, 0.3) is 0 Å². The molecule has 0 aliphatic rings. The van der Waals surface area contributed by atoms with Gasteiger partial charge in [0.25, 0.3) is 0 Å². The molecule has 7 heteroatoms. The molecule has 0 atom stereocenters. The number of nitrogens with one attached hydrogen (secondary N) is 1. The van der Waals surface area contributed by atoms with Crippen molar-refractivity contribution in [2.45, 2.75) is 6.42 Å². The summed E-state index contributed by atoms with van der Waals surface area (Å²) in [6.07, 6.45) is 1.69. The summed E-state index contributed by atoms with van der Waals surface area (Å²) in [5.74, 6) is 0.486. The van der Waals surface area contributed by atoms with E-state index >= 15 is 0 Å². The Kier molecular flexibility index (Phi) is 5.21. The summed E-state index contributed by atoms with van der Waals surface area (Å²) in [4.78, 5) is 16.1. The molecule has 0 aliphatic heterocycles. The molecule has 2 rings (SSSR count). The van der Waals surface area contributed by atoms with Crippen LogP contribution in [0, 0.1) is 0 Å². The van der Waals surface area contributed by atoms with Gasteiger partial charge in [0.1, 0.15) is 17.2 Å². The number of carbonyl (C=O) groups is 1. The number of hydrogen-bond acceptors (Lipinski definition) is 5. The van der Waals surface area contributed by atoms with Gasteiger partial charge in [0.05, 0.1) is 20.6 Å². The van der Waals surface area contributed by atoms with Crippen LogP contribution in [0.15, 0.2) is 34.9 Å². The Hall–Kier alpha value is -2.28. The van der Waals surface area contributed by atoms with E-state index in [0.29, 0.717) is 16.1 Å². The average Bonchev–Trinajstić information content (AvgIpc) is 2.50. The Morgan fingerprint density at radius 1 is 1.32 bits per heavy atom. The van der Waals surface area contributed by atoms with Crippen LogP contribution in [-0.2, 0) is 11.2 Å². The SMILES string of the molecule is COc1ccc(CC(=O)Nc2c(O)cc(Br)cc2OC)cn1. The number of ether oxygens (including phenoxy) is 2. The second kappa shape index (κ2) is 7.13. The number of benzene rings is 1. The van der Waals surface area contributed by atoms with E-state index in [0.717, 1.165) is 5.56 Å². The van der Waals surface area contributed by atoms with Gasteiger partial charge >= 0.3 is 0 Å². The Morgan fingerprint density at radius 2 is 2.09 bits per heavy atom. The number of phenolic OH excluding ortho intramolecular Hbond substituents is 1. The van der Waals surface area contributed by atoms with Crippen molar-refractivity contribution < 1.29 is 19.4 Å². The molecular formula is C15H15BrN2O4. The minimum absolute atomic E-state index is 0.0765. The molecule has 0 bridgehead atoms. The molecule has 0 saturated carbocycles. The van der Waals surface area contributed by atoms with Crippen molar-refractivity contribution in [1.29, 1.82) is 0 Å². The number of methoxy groups -OCH3 is 2. The molecule has 0 radical (unpaired) electrons. The van der Waals surface area contributed by atoms with Gasteiger partial charge in [-0.25, -0.2) is 4.98 Å². The van der Waals surface area contributed by atoms with E-state index in [-0.39, 0.29) is 23.8 Å². The van der Waals surface area contributed by atoms with E-state index in [1.54, 1.807) is 24.4 Å². The van der Waals surface area contributed by atoms with E-state index in [1.807, 2.05) is 0 Å². The van der Waals surface area contributed by atoms with Crippen molar-refractivity contribution in [3.8, 4) is 17.4 Å². The van der Waals surface area contributed by atoms with Crippen molar-refractivity contribution in [2.75, 3.05) is 19.5 Å². The second-order valence-corrected chi connectivity index (χ2v) is 5.35. The van der Waals surface area contributed by atoms with Crippen LogP contribution in [0.4, 0.5) is 5.69 Å². The number of anilines is 1. The molecule has 1 heterocycles. The molecule has 6 nitrogen and oxygen atoms in total. The number of rotatable bonds is 5. The first-order valence-electron chi connectivity index (χ1n) is 6.38. The first kappa shape index (κ1) is 16.1. The summed E-state index contributed by atoms with van der Waals surface area (Å²) in [7, 11) is 2.99. The van der Waals surface area contributed by atoms with Crippen molar-refractivity contribution in [1.82, 2.24) is 4.98 Å². The monoisotopic (exact) mass is 366 g/mol. The summed E-state index contributed by atoms with van der Waals surface area (Å²) in [6.45, 7) is 0. The second-order valence-electron chi connectivity index (χ2n) is 4.44. The minimum Gasteiger partial charge on any atom is -0.506 e. The van der Waals surface area contributed by atoms with Crippen LogP contribution in [-0.4, -0.2) is 30.2 Å². The Bertz CT molecular complexity index is 674. The zero-order chi connectivity index (χ0) is 16.1. The molecule has 0 fully saturated rings.